The van der Waals surface area contributed by atoms with Gasteiger partial charge in [0.15, 0.2) is 0 Å². The molecule has 0 fully saturated rings. The Kier molecular flexibility index (Phi) is 4.84. The average Bonchev–Trinajstić information content (AvgIpc) is 2.40. The van der Waals surface area contributed by atoms with E-state index in [1.807, 2.05) is 0 Å². The van der Waals surface area contributed by atoms with Crippen LogP contribution in [0.5, 0.6) is 0 Å². The number of anilines is 1. The second kappa shape index (κ2) is 6.01. The predicted octanol–water partition coefficient (Wildman–Crippen LogP) is 1.84. The zero-order chi connectivity index (χ0) is 15.5. The summed E-state index contributed by atoms with van der Waals surface area (Å²) in [5, 5.41) is 8.99. The van der Waals surface area contributed by atoms with Crippen LogP contribution in [-0.4, -0.2) is 20.1 Å². The molecule has 0 heterocycles. The fourth-order valence-corrected chi connectivity index (χ4v) is 2.68. The summed E-state index contributed by atoms with van der Waals surface area (Å²) in [4.78, 5) is 12.1. The maximum atomic E-state index is 13.1. The van der Waals surface area contributed by atoms with Gasteiger partial charge in [0.2, 0.25) is 15.9 Å². The van der Waals surface area contributed by atoms with Gasteiger partial charge in [-0.05, 0) is 19.1 Å². The molecule has 1 aromatic carbocycles. The Labute approximate surface area is 117 Å². The predicted molar refractivity (Wildman–Crippen MR) is 71.7 cm³/mol. The van der Waals surface area contributed by atoms with Crippen LogP contribution in [0.1, 0.15) is 26.3 Å². The first-order valence-electron chi connectivity index (χ1n) is 5.92. The van der Waals surface area contributed by atoms with Crippen molar-refractivity contribution in [3.05, 3.63) is 29.6 Å². The lowest BCUT2D eigenvalue weighted by Gasteiger charge is -2.24. The SMILES string of the molecule is CCS(=O)(=O)N(C(=O)C(C)C)c1c[c]c(F)cc1C#N. The molecular formula is C13H14FN2O3S. The van der Waals surface area contributed by atoms with Gasteiger partial charge in [-0.2, -0.15) is 5.26 Å². The number of rotatable bonds is 4. The van der Waals surface area contributed by atoms with E-state index in [-0.39, 0.29) is 17.0 Å². The summed E-state index contributed by atoms with van der Waals surface area (Å²) >= 11 is 0. The maximum Gasteiger partial charge on any atom is 0.243 e. The third-order valence-electron chi connectivity index (χ3n) is 2.57. The van der Waals surface area contributed by atoms with Crippen LogP contribution in [0, 0.1) is 29.1 Å². The fraction of sp³-hybridized carbons (Fsp3) is 0.385. The third kappa shape index (κ3) is 3.14. The minimum Gasteiger partial charge on any atom is -0.273 e. The zero-order valence-electron chi connectivity index (χ0n) is 11.3. The highest BCUT2D eigenvalue weighted by Gasteiger charge is 2.31. The standard InChI is InChI=1S/C13H14FN2O3S/c1-4-20(18,19)16(13(17)9(2)3)12-6-5-11(14)7-10(12)8-15/h6-7,9H,4H2,1-3H3. The van der Waals surface area contributed by atoms with E-state index in [4.69, 9.17) is 5.26 Å². The first-order chi connectivity index (χ1) is 9.24. The van der Waals surface area contributed by atoms with Crippen molar-refractivity contribution in [3.63, 3.8) is 0 Å². The number of carbonyl (C=O) groups is 1. The van der Waals surface area contributed by atoms with Crippen molar-refractivity contribution >= 4 is 21.6 Å². The lowest BCUT2D eigenvalue weighted by molar-refractivity contribution is -0.120. The molecule has 0 spiro atoms. The number of nitriles is 1. The van der Waals surface area contributed by atoms with Gasteiger partial charge in [-0.15, -0.1) is 0 Å². The summed E-state index contributed by atoms with van der Waals surface area (Å²) in [5.41, 5.74) is -0.401. The molecular weight excluding hydrogens is 283 g/mol. The van der Waals surface area contributed by atoms with E-state index in [0.29, 0.717) is 4.31 Å². The van der Waals surface area contributed by atoms with Crippen LogP contribution in [0.25, 0.3) is 0 Å². The van der Waals surface area contributed by atoms with Gasteiger partial charge in [0.1, 0.15) is 11.9 Å². The Morgan fingerprint density at radius 2 is 2.15 bits per heavy atom. The zero-order valence-corrected chi connectivity index (χ0v) is 12.2. The fourth-order valence-electron chi connectivity index (χ4n) is 1.48. The number of sulfonamides is 1. The van der Waals surface area contributed by atoms with Gasteiger partial charge in [0, 0.05) is 12.0 Å². The molecule has 1 aromatic rings. The topological polar surface area (TPSA) is 78.2 Å². The minimum absolute atomic E-state index is 0.172. The van der Waals surface area contributed by atoms with Gasteiger partial charge in [-0.1, -0.05) is 13.8 Å². The summed E-state index contributed by atoms with van der Waals surface area (Å²) in [6.07, 6.45) is 0. The maximum absolute atomic E-state index is 13.1. The average molecular weight is 297 g/mol. The molecule has 7 heteroatoms. The second-order valence-electron chi connectivity index (χ2n) is 4.35. The van der Waals surface area contributed by atoms with Crippen molar-refractivity contribution in [2.75, 3.05) is 10.1 Å². The number of amides is 1. The van der Waals surface area contributed by atoms with Crippen molar-refractivity contribution in [2.45, 2.75) is 20.8 Å². The van der Waals surface area contributed by atoms with Crippen LogP contribution in [-0.2, 0) is 14.8 Å². The Bertz CT molecular complexity index is 663. The van der Waals surface area contributed by atoms with Crippen molar-refractivity contribution in [1.29, 1.82) is 5.26 Å². The third-order valence-corrected chi connectivity index (χ3v) is 4.23. The van der Waals surface area contributed by atoms with E-state index in [9.17, 15) is 17.6 Å². The molecule has 0 bridgehead atoms. The molecule has 0 saturated carbocycles. The molecule has 0 saturated heterocycles. The van der Waals surface area contributed by atoms with Crippen LogP contribution in [0.3, 0.4) is 0 Å². The molecule has 0 atom stereocenters. The molecule has 20 heavy (non-hydrogen) atoms. The summed E-state index contributed by atoms with van der Waals surface area (Å²) in [6, 6.07) is 5.71. The molecule has 0 unspecified atom stereocenters. The molecule has 5 nitrogen and oxygen atoms in total. The van der Waals surface area contributed by atoms with Crippen LogP contribution in [0.2, 0.25) is 0 Å². The number of halogens is 1. The highest BCUT2D eigenvalue weighted by atomic mass is 32.2. The highest BCUT2D eigenvalue weighted by molar-refractivity contribution is 7.93. The van der Waals surface area contributed by atoms with E-state index in [1.165, 1.54) is 6.92 Å². The van der Waals surface area contributed by atoms with Gasteiger partial charge in [-0.3, -0.25) is 4.79 Å². The van der Waals surface area contributed by atoms with Crippen molar-refractivity contribution in [3.8, 4) is 6.07 Å². The van der Waals surface area contributed by atoms with E-state index in [0.717, 1.165) is 12.1 Å². The Hall–Kier alpha value is -1.94. The quantitative estimate of drug-likeness (QED) is 0.849. The van der Waals surface area contributed by atoms with Gasteiger partial charge in [-0.25, -0.2) is 17.1 Å². The number of nitrogens with zero attached hydrogens (tertiary/aromatic N) is 2. The second-order valence-corrected chi connectivity index (χ2v) is 6.46. The Balaban J connectivity index is 3.56. The molecule has 0 aliphatic heterocycles. The lowest BCUT2D eigenvalue weighted by Crippen LogP contribution is -2.41. The van der Waals surface area contributed by atoms with Gasteiger partial charge in [0.25, 0.3) is 0 Å². The molecule has 1 radical (unpaired) electrons. The van der Waals surface area contributed by atoms with Gasteiger partial charge in [0.05, 0.1) is 17.0 Å². The van der Waals surface area contributed by atoms with Gasteiger partial charge >= 0.3 is 0 Å². The first kappa shape index (κ1) is 16.1. The molecule has 1 amide bonds. The van der Waals surface area contributed by atoms with Crippen LogP contribution in [0.15, 0.2) is 12.1 Å². The summed E-state index contributed by atoms with van der Waals surface area (Å²) in [7, 11) is -3.91. The Morgan fingerprint density at radius 3 is 2.60 bits per heavy atom. The van der Waals surface area contributed by atoms with Gasteiger partial charge < -0.3 is 0 Å². The van der Waals surface area contributed by atoms with Crippen LogP contribution >= 0.6 is 0 Å². The number of benzene rings is 1. The van der Waals surface area contributed by atoms with Crippen LogP contribution < -0.4 is 4.31 Å². The van der Waals surface area contributed by atoms with Crippen molar-refractivity contribution in [2.24, 2.45) is 5.92 Å². The van der Waals surface area contributed by atoms with Crippen LogP contribution in [0.4, 0.5) is 10.1 Å². The molecule has 0 N–H and O–H groups in total. The van der Waals surface area contributed by atoms with E-state index in [2.05, 4.69) is 6.07 Å². The summed E-state index contributed by atoms with van der Waals surface area (Å²) in [6.45, 7) is 4.47. The lowest BCUT2D eigenvalue weighted by atomic mass is 10.1. The molecule has 107 valence electrons. The van der Waals surface area contributed by atoms with Crippen molar-refractivity contribution < 1.29 is 17.6 Å². The highest BCUT2D eigenvalue weighted by Crippen LogP contribution is 2.25. The monoisotopic (exact) mass is 297 g/mol. The number of hydrogen-bond donors (Lipinski definition) is 0. The Morgan fingerprint density at radius 1 is 1.55 bits per heavy atom. The summed E-state index contributed by atoms with van der Waals surface area (Å²) < 4.78 is 37.8. The molecule has 1 rings (SSSR count). The minimum atomic E-state index is -3.91. The molecule has 0 aliphatic carbocycles. The number of carbonyl (C=O) groups excluding carboxylic acids is 1. The van der Waals surface area contributed by atoms with Crippen molar-refractivity contribution in [1.82, 2.24) is 0 Å². The number of hydrogen-bond acceptors (Lipinski definition) is 4. The smallest absolute Gasteiger partial charge is 0.243 e. The first-order valence-corrected chi connectivity index (χ1v) is 7.53. The summed E-state index contributed by atoms with van der Waals surface area (Å²) in [5.74, 6) is -2.37. The normalized spacial score (nSPS) is 11.2. The van der Waals surface area contributed by atoms with E-state index < -0.39 is 27.7 Å². The molecule has 0 aliphatic rings. The largest absolute Gasteiger partial charge is 0.273 e. The molecule has 0 aromatic heterocycles. The van der Waals surface area contributed by atoms with E-state index >= 15 is 0 Å². The van der Waals surface area contributed by atoms with E-state index in [1.54, 1.807) is 19.9 Å².